The van der Waals surface area contributed by atoms with Crippen molar-refractivity contribution in [3.8, 4) is 11.5 Å². The average Bonchev–Trinajstić information content (AvgIpc) is 2.38. The van der Waals surface area contributed by atoms with Crippen molar-refractivity contribution in [1.82, 2.24) is 0 Å². The lowest BCUT2D eigenvalue weighted by Crippen LogP contribution is -2.19. The molecule has 3 N–H and O–H groups in total. The highest BCUT2D eigenvalue weighted by Crippen LogP contribution is 2.30. The van der Waals surface area contributed by atoms with Gasteiger partial charge in [0.25, 0.3) is 0 Å². The largest absolute Gasteiger partial charge is 0.504 e. The molecule has 7 heteroatoms. The van der Waals surface area contributed by atoms with E-state index in [-0.39, 0.29) is 24.5 Å². The van der Waals surface area contributed by atoms with Gasteiger partial charge in [0, 0.05) is 11.5 Å². The number of benzene rings is 1. The molecule has 7 nitrogen and oxygen atoms in total. The summed E-state index contributed by atoms with van der Waals surface area (Å²) in [5.41, 5.74) is 8.46. The van der Waals surface area contributed by atoms with E-state index in [0.717, 1.165) is 0 Å². The molecule has 0 aliphatic carbocycles. The molecular formula is C11H15N3O4. The highest BCUT2D eigenvalue weighted by atomic mass is 16.5. The van der Waals surface area contributed by atoms with Crippen LogP contribution in [0.3, 0.4) is 0 Å². The fourth-order valence-electron chi connectivity index (χ4n) is 1.51. The summed E-state index contributed by atoms with van der Waals surface area (Å²) in [6.07, 6.45) is -2.09. The van der Waals surface area contributed by atoms with Crippen molar-refractivity contribution in [3.05, 3.63) is 34.2 Å². The first-order valence-electron chi connectivity index (χ1n) is 5.34. The number of nitrogens with zero attached hydrogens (tertiary/aromatic N) is 3. The first-order chi connectivity index (χ1) is 8.60. The van der Waals surface area contributed by atoms with Crippen molar-refractivity contribution in [3.63, 3.8) is 0 Å². The van der Waals surface area contributed by atoms with E-state index in [0.29, 0.717) is 5.56 Å². The van der Waals surface area contributed by atoms with Gasteiger partial charge in [-0.25, -0.2) is 0 Å². The molecule has 0 radical (unpaired) electrons. The Bertz CT molecular complexity index is 446. The quantitative estimate of drug-likeness (QED) is 0.404. The zero-order valence-corrected chi connectivity index (χ0v) is 9.89. The molecule has 0 aliphatic heterocycles. The van der Waals surface area contributed by atoms with Crippen LogP contribution in [0.2, 0.25) is 0 Å². The highest BCUT2D eigenvalue weighted by Gasteiger charge is 2.19. The van der Waals surface area contributed by atoms with Gasteiger partial charge in [0.15, 0.2) is 11.5 Å². The molecule has 0 fully saturated rings. The molecule has 0 saturated heterocycles. The Morgan fingerprint density at radius 1 is 1.44 bits per heavy atom. The Balaban J connectivity index is 2.73. The van der Waals surface area contributed by atoms with Crippen LogP contribution >= 0.6 is 0 Å². The zero-order chi connectivity index (χ0) is 13.5. The summed E-state index contributed by atoms with van der Waals surface area (Å²) in [5.74, 6) is 0.172. The number of hydrogen-bond donors (Lipinski definition) is 3. The van der Waals surface area contributed by atoms with Crippen LogP contribution in [0, 0.1) is 0 Å². The molecule has 0 spiro atoms. The molecule has 0 amide bonds. The Labute approximate surface area is 104 Å². The fourth-order valence-corrected chi connectivity index (χ4v) is 1.51. The lowest BCUT2D eigenvalue weighted by Gasteiger charge is -2.18. The van der Waals surface area contributed by atoms with Crippen molar-refractivity contribution in [2.24, 2.45) is 5.11 Å². The van der Waals surface area contributed by atoms with Crippen molar-refractivity contribution >= 4 is 0 Å². The topological polar surface area (TPSA) is 119 Å². The van der Waals surface area contributed by atoms with Gasteiger partial charge in [-0.15, -0.1) is 0 Å². The number of hydrogen-bond acceptors (Lipinski definition) is 5. The maximum absolute atomic E-state index is 9.84. The van der Waals surface area contributed by atoms with E-state index in [2.05, 4.69) is 10.0 Å². The number of phenols is 1. The molecule has 0 heterocycles. The third kappa shape index (κ3) is 3.53. The first kappa shape index (κ1) is 14.1. The van der Waals surface area contributed by atoms with Gasteiger partial charge >= 0.3 is 0 Å². The summed E-state index contributed by atoms with van der Waals surface area (Å²) in [4.78, 5) is 2.55. The third-order valence-corrected chi connectivity index (χ3v) is 2.50. The van der Waals surface area contributed by atoms with Crippen LogP contribution in [0.15, 0.2) is 23.3 Å². The molecule has 0 bridgehead atoms. The molecule has 0 aliphatic rings. The van der Waals surface area contributed by atoms with Crippen molar-refractivity contribution in [2.45, 2.75) is 18.6 Å². The Morgan fingerprint density at radius 2 is 2.17 bits per heavy atom. The van der Waals surface area contributed by atoms with E-state index in [1.54, 1.807) is 6.07 Å². The zero-order valence-electron chi connectivity index (χ0n) is 9.89. The van der Waals surface area contributed by atoms with Gasteiger partial charge in [-0.05, 0) is 29.6 Å². The van der Waals surface area contributed by atoms with E-state index >= 15 is 0 Å². The van der Waals surface area contributed by atoms with Crippen LogP contribution in [-0.2, 0) is 0 Å². The third-order valence-electron chi connectivity index (χ3n) is 2.50. The summed E-state index contributed by atoms with van der Waals surface area (Å²) in [6.45, 7) is 0.0941. The molecule has 18 heavy (non-hydrogen) atoms. The molecule has 2 atom stereocenters. The number of rotatable bonds is 6. The van der Waals surface area contributed by atoms with E-state index < -0.39 is 12.2 Å². The molecule has 1 rings (SSSR count). The van der Waals surface area contributed by atoms with Gasteiger partial charge in [0.2, 0.25) is 0 Å². The number of aliphatic hydroxyl groups excluding tert-OH is 2. The first-order valence-corrected chi connectivity index (χ1v) is 5.34. The highest BCUT2D eigenvalue weighted by molar-refractivity contribution is 5.42. The van der Waals surface area contributed by atoms with Crippen molar-refractivity contribution < 1.29 is 20.1 Å². The van der Waals surface area contributed by atoms with Crippen LogP contribution in [0.4, 0.5) is 0 Å². The van der Waals surface area contributed by atoms with Crippen LogP contribution in [0.25, 0.3) is 10.4 Å². The summed E-state index contributed by atoms with van der Waals surface area (Å²) >= 11 is 0. The number of azide groups is 1. The minimum absolute atomic E-state index is 0.0941. The van der Waals surface area contributed by atoms with Gasteiger partial charge in [-0.3, -0.25) is 0 Å². The standard InChI is InChI=1S/C11H15N3O4/c1-18-10-3-2-7(6-9(10)16)11(17)8(15)4-5-13-14-12/h2-3,6,8,11,15-17H,4-5H2,1H3. The van der Waals surface area contributed by atoms with Crippen molar-refractivity contribution in [2.75, 3.05) is 13.7 Å². The minimum Gasteiger partial charge on any atom is -0.504 e. The SMILES string of the molecule is COc1ccc(C(O)C(O)CCN=[N+]=[N-])cc1O. The van der Waals surface area contributed by atoms with E-state index in [1.165, 1.54) is 19.2 Å². The van der Waals surface area contributed by atoms with Gasteiger partial charge in [-0.2, -0.15) is 0 Å². The molecule has 2 unspecified atom stereocenters. The van der Waals surface area contributed by atoms with Gasteiger partial charge in [0.1, 0.15) is 6.10 Å². The normalized spacial score (nSPS) is 13.5. The molecule has 0 saturated carbocycles. The van der Waals surface area contributed by atoms with Gasteiger partial charge in [-0.1, -0.05) is 11.2 Å². The molecule has 1 aromatic rings. The van der Waals surface area contributed by atoms with Crippen molar-refractivity contribution in [1.29, 1.82) is 0 Å². The fraction of sp³-hybridized carbons (Fsp3) is 0.455. The van der Waals surface area contributed by atoms with Gasteiger partial charge < -0.3 is 20.1 Å². The van der Waals surface area contributed by atoms with Crippen LogP contribution in [-0.4, -0.2) is 35.1 Å². The van der Waals surface area contributed by atoms with E-state index in [4.69, 9.17) is 10.3 Å². The predicted octanol–water partition coefficient (Wildman–Crippen LogP) is 1.50. The summed E-state index contributed by atoms with van der Waals surface area (Å²) in [7, 11) is 1.42. The molecular weight excluding hydrogens is 238 g/mol. The van der Waals surface area contributed by atoms with E-state index in [9.17, 15) is 15.3 Å². The monoisotopic (exact) mass is 253 g/mol. The number of ether oxygens (including phenoxy) is 1. The van der Waals surface area contributed by atoms with Crippen LogP contribution in [0.5, 0.6) is 11.5 Å². The van der Waals surface area contributed by atoms with Crippen LogP contribution < -0.4 is 4.74 Å². The van der Waals surface area contributed by atoms with E-state index in [1.807, 2.05) is 0 Å². The average molecular weight is 253 g/mol. The Hall–Kier alpha value is -1.95. The Morgan fingerprint density at radius 3 is 2.72 bits per heavy atom. The van der Waals surface area contributed by atoms with Crippen LogP contribution in [0.1, 0.15) is 18.1 Å². The number of phenolic OH excluding ortho intramolecular Hbond substituents is 1. The summed E-state index contributed by atoms with van der Waals surface area (Å²) in [6, 6.07) is 4.36. The molecule has 98 valence electrons. The number of methoxy groups -OCH3 is 1. The molecule has 1 aromatic carbocycles. The second-order valence-corrected chi connectivity index (χ2v) is 3.69. The molecule has 0 aromatic heterocycles. The summed E-state index contributed by atoms with van der Waals surface area (Å²) in [5, 5.41) is 32.3. The lowest BCUT2D eigenvalue weighted by molar-refractivity contribution is 0.0149. The Kier molecular flexibility index (Phi) is 5.26. The summed E-state index contributed by atoms with van der Waals surface area (Å²) < 4.78 is 4.87. The van der Waals surface area contributed by atoms with Gasteiger partial charge in [0.05, 0.1) is 13.2 Å². The maximum atomic E-state index is 9.84. The smallest absolute Gasteiger partial charge is 0.160 e. The second-order valence-electron chi connectivity index (χ2n) is 3.69. The number of aliphatic hydroxyl groups is 2. The second kappa shape index (κ2) is 6.70. The number of aromatic hydroxyl groups is 1. The minimum atomic E-state index is -1.16. The maximum Gasteiger partial charge on any atom is 0.160 e. The predicted molar refractivity (Wildman–Crippen MR) is 64.3 cm³/mol. The lowest BCUT2D eigenvalue weighted by atomic mass is 10.0.